The van der Waals surface area contributed by atoms with E-state index in [-0.39, 0.29) is 0 Å². The zero-order valence-corrected chi connectivity index (χ0v) is 12.9. The molecule has 2 aliphatic heterocycles. The van der Waals surface area contributed by atoms with Crippen LogP contribution in [0.15, 0.2) is 0 Å². The molecule has 0 spiro atoms. The Morgan fingerprint density at radius 2 is 2.00 bits per heavy atom. The molecular formula is C16H32N2O. The minimum atomic E-state index is 0.524. The van der Waals surface area contributed by atoms with Crippen LogP contribution in [0, 0.1) is 5.92 Å². The molecule has 0 bridgehead atoms. The maximum absolute atomic E-state index is 5.79. The van der Waals surface area contributed by atoms with Crippen LogP contribution in [0.3, 0.4) is 0 Å². The van der Waals surface area contributed by atoms with E-state index in [0.29, 0.717) is 12.1 Å². The van der Waals surface area contributed by atoms with Gasteiger partial charge in [0, 0.05) is 12.6 Å². The lowest BCUT2D eigenvalue weighted by Gasteiger charge is -2.35. The van der Waals surface area contributed by atoms with E-state index in [2.05, 4.69) is 24.1 Å². The largest absolute Gasteiger partial charge is 0.378 e. The average molecular weight is 268 g/mol. The van der Waals surface area contributed by atoms with Crippen LogP contribution in [0.1, 0.15) is 52.4 Å². The molecule has 3 heteroatoms. The standard InChI is InChI=1S/C16H32N2O/c1-3-18-11-8-15(9-12-18)14(2)17-10-7-16-6-4-5-13-19-16/h14-17H,3-13H2,1-2H3. The normalized spacial score (nSPS) is 28.4. The SMILES string of the molecule is CCN1CCC(C(C)NCCC2CCCCO2)CC1. The highest BCUT2D eigenvalue weighted by Gasteiger charge is 2.23. The highest BCUT2D eigenvalue weighted by atomic mass is 16.5. The fourth-order valence-corrected chi connectivity index (χ4v) is 3.44. The number of rotatable bonds is 6. The summed E-state index contributed by atoms with van der Waals surface area (Å²) in [6.45, 7) is 10.5. The second kappa shape index (κ2) is 8.23. The molecule has 0 aromatic heterocycles. The Bertz CT molecular complexity index is 233. The van der Waals surface area contributed by atoms with E-state index >= 15 is 0 Å². The number of likely N-dealkylation sites (tertiary alicyclic amines) is 1. The highest BCUT2D eigenvalue weighted by molar-refractivity contribution is 4.79. The van der Waals surface area contributed by atoms with Gasteiger partial charge in [-0.1, -0.05) is 6.92 Å². The van der Waals surface area contributed by atoms with E-state index in [1.165, 1.54) is 58.2 Å². The van der Waals surface area contributed by atoms with Crippen LogP contribution in [-0.4, -0.2) is 49.8 Å². The van der Waals surface area contributed by atoms with Gasteiger partial charge in [-0.15, -0.1) is 0 Å². The third-order valence-electron chi connectivity index (χ3n) is 4.99. The Morgan fingerprint density at radius 3 is 2.63 bits per heavy atom. The smallest absolute Gasteiger partial charge is 0.0587 e. The van der Waals surface area contributed by atoms with Gasteiger partial charge in [0.1, 0.15) is 0 Å². The Hall–Kier alpha value is -0.120. The molecule has 0 saturated carbocycles. The van der Waals surface area contributed by atoms with Gasteiger partial charge in [0.05, 0.1) is 6.10 Å². The number of ether oxygens (including phenoxy) is 1. The van der Waals surface area contributed by atoms with Crippen molar-refractivity contribution in [1.29, 1.82) is 0 Å². The lowest BCUT2D eigenvalue weighted by atomic mass is 9.90. The van der Waals surface area contributed by atoms with Crippen LogP contribution in [-0.2, 0) is 4.74 Å². The molecule has 2 heterocycles. The molecule has 2 fully saturated rings. The van der Waals surface area contributed by atoms with Crippen molar-refractivity contribution < 1.29 is 4.74 Å². The molecule has 0 radical (unpaired) electrons. The molecule has 112 valence electrons. The van der Waals surface area contributed by atoms with Gasteiger partial charge in [0.15, 0.2) is 0 Å². The summed E-state index contributed by atoms with van der Waals surface area (Å²) < 4.78 is 5.79. The van der Waals surface area contributed by atoms with Crippen molar-refractivity contribution in [3.63, 3.8) is 0 Å². The summed E-state index contributed by atoms with van der Waals surface area (Å²) in [6, 6.07) is 0.669. The Labute approximate surface area is 119 Å². The van der Waals surface area contributed by atoms with E-state index in [4.69, 9.17) is 4.74 Å². The van der Waals surface area contributed by atoms with Crippen molar-refractivity contribution >= 4 is 0 Å². The molecule has 3 nitrogen and oxygen atoms in total. The van der Waals surface area contributed by atoms with E-state index in [9.17, 15) is 0 Å². The van der Waals surface area contributed by atoms with E-state index < -0.39 is 0 Å². The van der Waals surface area contributed by atoms with Gasteiger partial charge >= 0.3 is 0 Å². The second-order valence-corrected chi connectivity index (χ2v) is 6.29. The quantitative estimate of drug-likeness (QED) is 0.801. The summed E-state index contributed by atoms with van der Waals surface area (Å²) in [5.74, 6) is 0.870. The van der Waals surface area contributed by atoms with E-state index in [1.807, 2.05) is 0 Å². The molecule has 19 heavy (non-hydrogen) atoms. The van der Waals surface area contributed by atoms with Crippen LogP contribution in [0.2, 0.25) is 0 Å². The van der Waals surface area contributed by atoms with Crippen molar-refractivity contribution in [1.82, 2.24) is 10.2 Å². The second-order valence-electron chi connectivity index (χ2n) is 6.29. The van der Waals surface area contributed by atoms with E-state index in [0.717, 1.165) is 19.1 Å². The predicted octanol–water partition coefficient (Wildman–Crippen LogP) is 2.66. The van der Waals surface area contributed by atoms with Gasteiger partial charge in [0.2, 0.25) is 0 Å². The summed E-state index contributed by atoms with van der Waals surface area (Å²) in [5.41, 5.74) is 0. The summed E-state index contributed by atoms with van der Waals surface area (Å²) in [5, 5.41) is 3.73. The third kappa shape index (κ3) is 5.05. The summed E-state index contributed by atoms with van der Waals surface area (Å²) in [6.07, 6.45) is 8.33. The Balaban J connectivity index is 1.57. The molecular weight excluding hydrogens is 236 g/mol. The monoisotopic (exact) mass is 268 g/mol. The molecule has 0 aromatic rings. The third-order valence-corrected chi connectivity index (χ3v) is 4.99. The number of hydrogen-bond acceptors (Lipinski definition) is 3. The van der Waals surface area contributed by atoms with Crippen molar-refractivity contribution in [2.75, 3.05) is 32.8 Å². The maximum Gasteiger partial charge on any atom is 0.0587 e. The van der Waals surface area contributed by atoms with Gasteiger partial charge in [-0.2, -0.15) is 0 Å². The zero-order chi connectivity index (χ0) is 13.5. The van der Waals surface area contributed by atoms with Gasteiger partial charge < -0.3 is 15.0 Å². The van der Waals surface area contributed by atoms with Gasteiger partial charge in [-0.3, -0.25) is 0 Å². The first kappa shape index (κ1) is 15.3. The molecule has 0 aliphatic carbocycles. The maximum atomic E-state index is 5.79. The van der Waals surface area contributed by atoms with E-state index in [1.54, 1.807) is 0 Å². The summed E-state index contributed by atoms with van der Waals surface area (Å²) >= 11 is 0. The number of piperidine rings is 1. The molecule has 2 aliphatic rings. The van der Waals surface area contributed by atoms with Crippen LogP contribution < -0.4 is 5.32 Å². The van der Waals surface area contributed by atoms with Crippen molar-refractivity contribution in [2.24, 2.45) is 5.92 Å². The molecule has 0 amide bonds. The molecule has 2 atom stereocenters. The molecule has 2 unspecified atom stereocenters. The summed E-state index contributed by atoms with van der Waals surface area (Å²) in [7, 11) is 0. The first-order valence-corrected chi connectivity index (χ1v) is 8.37. The molecule has 2 saturated heterocycles. The average Bonchev–Trinajstić information content (AvgIpc) is 2.48. The van der Waals surface area contributed by atoms with Crippen LogP contribution >= 0.6 is 0 Å². The fraction of sp³-hybridized carbons (Fsp3) is 1.00. The topological polar surface area (TPSA) is 24.5 Å². The first-order chi connectivity index (χ1) is 9.29. The number of hydrogen-bond donors (Lipinski definition) is 1. The van der Waals surface area contributed by atoms with Gasteiger partial charge in [-0.25, -0.2) is 0 Å². The summed E-state index contributed by atoms with van der Waals surface area (Å²) in [4.78, 5) is 2.57. The van der Waals surface area contributed by atoms with Crippen LogP contribution in [0.4, 0.5) is 0 Å². The lowest BCUT2D eigenvalue weighted by Crippen LogP contribution is -2.42. The van der Waals surface area contributed by atoms with Gasteiger partial charge in [0.25, 0.3) is 0 Å². The molecule has 2 rings (SSSR count). The Kier molecular flexibility index (Phi) is 6.62. The number of nitrogens with zero attached hydrogens (tertiary/aromatic N) is 1. The minimum absolute atomic E-state index is 0.524. The molecule has 1 N–H and O–H groups in total. The Morgan fingerprint density at radius 1 is 1.21 bits per heavy atom. The van der Waals surface area contributed by atoms with Crippen molar-refractivity contribution in [3.8, 4) is 0 Å². The lowest BCUT2D eigenvalue weighted by molar-refractivity contribution is 0.0108. The predicted molar refractivity (Wildman–Crippen MR) is 80.5 cm³/mol. The zero-order valence-electron chi connectivity index (χ0n) is 12.9. The first-order valence-electron chi connectivity index (χ1n) is 8.37. The van der Waals surface area contributed by atoms with Gasteiger partial charge in [-0.05, 0) is 77.5 Å². The van der Waals surface area contributed by atoms with Crippen molar-refractivity contribution in [3.05, 3.63) is 0 Å². The van der Waals surface area contributed by atoms with Crippen LogP contribution in [0.25, 0.3) is 0 Å². The fourth-order valence-electron chi connectivity index (χ4n) is 3.44. The highest BCUT2D eigenvalue weighted by Crippen LogP contribution is 2.21. The molecule has 0 aromatic carbocycles. The van der Waals surface area contributed by atoms with Crippen LogP contribution in [0.5, 0.6) is 0 Å². The van der Waals surface area contributed by atoms with Crippen molar-refractivity contribution in [2.45, 2.75) is 64.5 Å². The minimum Gasteiger partial charge on any atom is -0.378 e. The number of nitrogens with one attached hydrogen (secondary N) is 1.